The minimum Gasteiger partial charge on any atom is -0.375 e. The van der Waals surface area contributed by atoms with Gasteiger partial charge in [-0.3, -0.25) is 0 Å². The van der Waals surface area contributed by atoms with Gasteiger partial charge in [0.2, 0.25) is 0 Å². The lowest BCUT2D eigenvalue weighted by Crippen LogP contribution is -1.97. The van der Waals surface area contributed by atoms with E-state index in [-0.39, 0.29) is 0 Å². The van der Waals surface area contributed by atoms with Gasteiger partial charge in [-0.1, -0.05) is 18.2 Å². The molecule has 1 aromatic carbocycles. The second-order valence-corrected chi connectivity index (χ2v) is 4.60. The molecule has 2 aromatic heterocycles. The number of nitrogens with zero attached hydrogens (tertiary/aromatic N) is 2. The maximum absolute atomic E-state index is 5.45. The molecule has 3 aromatic rings. The van der Waals surface area contributed by atoms with Gasteiger partial charge in [0.25, 0.3) is 0 Å². The summed E-state index contributed by atoms with van der Waals surface area (Å²) in [5.41, 5.74) is 4.79. The summed E-state index contributed by atoms with van der Waals surface area (Å²) in [6.45, 7) is 3.21. The van der Waals surface area contributed by atoms with Crippen LogP contribution in [0.4, 0.5) is 0 Å². The Hall–Kier alpha value is -1.52. The predicted octanol–water partition coefficient (Wildman–Crippen LogP) is 3.38. The molecule has 0 atom stereocenters. The molecule has 17 heavy (non-hydrogen) atoms. The first-order chi connectivity index (χ1) is 8.40. The van der Waals surface area contributed by atoms with Gasteiger partial charge in [-0.15, -0.1) is 11.3 Å². The normalized spacial score (nSPS) is 11.4. The summed E-state index contributed by atoms with van der Waals surface area (Å²) in [6, 6.07) is 8.16. The first-order valence-corrected chi connectivity index (χ1v) is 6.46. The van der Waals surface area contributed by atoms with E-state index in [0.717, 1.165) is 16.7 Å². The van der Waals surface area contributed by atoms with E-state index in [9.17, 15) is 0 Å². The molecule has 0 saturated heterocycles. The van der Waals surface area contributed by atoms with E-state index in [0.29, 0.717) is 13.2 Å². The molecule has 4 heteroatoms. The number of hydrogen-bond acceptors (Lipinski definition) is 4. The lowest BCUT2D eigenvalue weighted by molar-refractivity contribution is 0.132. The number of fused-ring (bicyclic) bond motifs is 3. The zero-order chi connectivity index (χ0) is 11.7. The van der Waals surface area contributed by atoms with Gasteiger partial charge in [0, 0.05) is 12.0 Å². The zero-order valence-corrected chi connectivity index (χ0v) is 10.3. The minimum absolute atomic E-state index is 0.529. The van der Waals surface area contributed by atoms with Gasteiger partial charge < -0.3 is 4.74 Å². The molecule has 0 bridgehead atoms. The molecule has 0 aliphatic rings. The fraction of sp³-hybridized carbons (Fsp3) is 0.231. The van der Waals surface area contributed by atoms with E-state index < -0.39 is 0 Å². The lowest BCUT2D eigenvalue weighted by Gasteiger charge is -2.05. The summed E-state index contributed by atoms with van der Waals surface area (Å²) in [7, 11) is 0. The van der Waals surface area contributed by atoms with Crippen LogP contribution in [0, 0.1) is 0 Å². The quantitative estimate of drug-likeness (QED) is 0.708. The Morgan fingerprint density at radius 1 is 1.29 bits per heavy atom. The number of ether oxygens (including phenoxy) is 1. The smallest absolute Gasteiger partial charge is 0.106 e. The van der Waals surface area contributed by atoms with Crippen molar-refractivity contribution >= 4 is 32.5 Å². The minimum atomic E-state index is 0.529. The first kappa shape index (κ1) is 10.6. The summed E-state index contributed by atoms with van der Waals surface area (Å²) >= 11 is 1.66. The molecule has 0 aliphatic carbocycles. The van der Waals surface area contributed by atoms with E-state index >= 15 is 0 Å². The molecule has 0 saturated carbocycles. The van der Waals surface area contributed by atoms with Crippen LogP contribution < -0.4 is 0 Å². The molecule has 2 heterocycles. The van der Waals surface area contributed by atoms with Gasteiger partial charge in [-0.2, -0.15) is 0 Å². The van der Waals surface area contributed by atoms with Crippen molar-refractivity contribution in [2.45, 2.75) is 13.5 Å². The number of para-hydroxylation sites is 1. The molecule has 0 aliphatic heterocycles. The highest BCUT2D eigenvalue weighted by Gasteiger charge is 2.10. The van der Waals surface area contributed by atoms with Crippen LogP contribution in [0.5, 0.6) is 0 Å². The van der Waals surface area contributed by atoms with Crippen molar-refractivity contribution < 1.29 is 4.74 Å². The maximum Gasteiger partial charge on any atom is 0.106 e. The third-order valence-corrected chi connectivity index (χ3v) is 3.55. The molecule has 3 nitrogen and oxygen atoms in total. The van der Waals surface area contributed by atoms with Crippen LogP contribution in [-0.2, 0) is 11.3 Å². The lowest BCUT2D eigenvalue weighted by atomic mass is 10.2. The van der Waals surface area contributed by atoms with Gasteiger partial charge in [0.15, 0.2) is 0 Å². The predicted molar refractivity (Wildman–Crippen MR) is 70.3 cm³/mol. The molecule has 86 valence electrons. The number of aromatic nitrogens is 2. The summed E-state index contributed by atoms with van der Waals surface area (Å²) in [5.74, 6) is 0. The molecule has 0 radical (unpaired) electrons. The van der Waals surface area contributed by atoms with E-state index in [4.69, 9.17) is 4.74 Å². The van der Waals surface area contributed by atoms with Gasteiger partial charge in [-0.05, 0) is 13.0 Å². The highest BCUT2D eigenvalue weighted by molar-refractivity contribution is 7.17. The van der Waals surface area contributed by atoms with Crippen molar-refractivity contribution in [2.75, 3.05) is 6.61 Å². The summed E-state index contributed by atoms with van der Waals surface area (Å²) < 4.78 is 6.65. The first-order valence-electron chi connectivity index (χ1n) is 5.58. The molecule has 0 fully saturated rings. The third kappa shape index (κ3) is 1.79. The highest BCUT2D eigenvalue weighted by Crippen LogP contribution is 2.28. The van der Waals surface area contributed by atoms with Crippen molar-refractivity contribution in [1.29, 1.82) is 0 Å². The number of thiazole rings is 1. The standard InChI is InChI=1S/C13H12N2OS/c1-2-16-7-11-12-13(17-8-14-12)9-5-3-4-6-10(9)15-11/h3-6,8H,2,7H2,1H3. The Kier molecular flexibility index (Phi) is 2.74. The fourth-order valence-corrected chi connectivity index (χ4v) is 2.75. The fourth-order valence-electron chi connectivity index (χ4n) is 1.90. The second kappa shape index (κ2) is 4.39. The average molecular weight is 244 g/mol. The molecular weight excluding hydrogens is 232 g/mol. The van der Waals surface area contributed by atoms with Gasteiger partial charge in [0.1, 0.15) is 5.52 Å². The largest absolute Gasteiger partial charge is 0.375 e. The Bertz CT molecular complexity index is 663. The summed E-state index contributed by atoms with van der Waals surface area (Å²) in [5, 5.41) is 1.17. The van der Waals surface area contributed by atoms with Crippen LogP contribution in [0.2, 0.25) is 0 Å². The van der Waals surface area contributed by atoms with Gasteiger partial charge in [-0.25, -0.2) is 9.97 Å². The van der Waals surface area contributed by atoms with E-state index in [1.54, 1.807) is 11.3 Å². The molecular formula is C13H12N2OS. The van der Waals surface area contributed by atoms with Crippen molar-refractivity contribution in [2.24, 2.45) is 0 Å². The van der Waals surface area contributed by atoms with Crippen LogP contribution in [0.25, 0.3) is 21.1 Å². The number of pyridine rings is 1. The summed E-state index contributed by atoms with van der Waals surface area (Å²) in [4.78, 5) is 9.03. The highest BCUT2D eigenvalue weighted by atomic mass is 32.1. The van der Waals surface area contributed by atoms with Crippen LogP contribution in [-0.4, -0.2) is 16.6 Å². The van der Waals surface area contributed by atoms with Crippen LogP contribution in [0.1, 0.15) is 12.6 Å². The average Bonchev–Trinajstić information content (AvgIpc) is 2.85. The number of benzene rings is 1. The molecule has 0 spiro atoms. The maximum atomic E-state index is 5.45. The molecule has 0 amide bonds. The van der Waals surface area contributed by atoms with Gasteiger partial charge >= 0.3 is 0 Å². The van der Waals surface area contributed by atoms with Crippen LogP contribution >= 0.6 is 11.3 Å². The topological polar surface area (TPSA) is 35.0 Å². The number of hydrogen-bond donors (Lipinski definition) is 0. The van der Waals surface area contributed by atoms with E-state index in [2.05, 4.69) is 16.0 Å². The number of rotatable bonds is 3. The zero-order valence-electron chi connectivity index (χ0n) is 9.51. The Labute approximate surface area is 103 Å². The second-order valence-electron chi connectivity index (χ2n) is 3.74. The van der Waals surface area contributed by atoms with Crippen molar-refractivity contribution in [3.8, 4) is 0 Å². The Morgan fingerprint density at radius 3 is 3.06 bits per heavy atom. The molecule has 3 rings (SSSR count). The summed E-state index contributed by atoms with van der Waals surface area (Å²) in [6.07, 6.45) is 0. The molecule has 0 N–H and O–H groups in total. The van der Waals surface area contributed by atoms with Crippen molar-refractivity contribution in [3.63, 3.8) is 0 Å². The SMILES string of the molecule is CCOCc1nc2ccccc2c2scnc12. The van der Waals surface area contributed by atoms with Crippen molar-refractivity contribution in [1.82, 2.24) is 9.97 Å². The van der Waals surface area contributed by atoms with E-state index in [1.165, 1.54) is 10.1 Å². The third-order valence-electron chi connectivity index (χ3n) is 2.69. The van der Waals surface area contributed by atoms with Crippen LogP contribution in [0.3, 0.4) is 0 Å². The van der Waals surface area contributed by atoms with Crippen LogP contribution in [0.15, 0.2) is 29.8 Å². The monoisotopic (exact) mass is 244 g/mol. The Morgan fingerprint density at radius 2 is 2.18 bits per heavy atom. The molecule has 0 unspecified atom stereocenters. The van der Waals surface area contributed by atoms with E-state index in [1.807, 2.05) is 30.6 Å². The van der Waals surface area contributed by atoms with Gasteiger partial charge in [0.05, 0.1) is 28.0 Å². The Balaban J connectivity index is 2.28. The van der Waals surface area contributed by atoms with Crippen molar-refractivity contribution in [3.05, 3.63) is 35.5 Å².